The van der Waals surface area contributed by atoms with Crippen molar-refractivity contribution in [3.05, 3.63) is 126 Å². The second kappa shape index (κ2) is 15.9. The highest BCUT2D eigenvalue weighted by Crippen LogP contribution is 2.26. The Hall–Kier alpha value is -4.63. The molecular formula is C36H41N3O5S. The van der Waals surface area contributed by atoms with Crippen LogP contribution in [0.3, 0.4) is 0 Å². The number of ether oxygens (including phenoxy) is 1. The highest BCUT2D eigenvalue weighted by atomic mass is 32.2. The Labute approximate surface area is 266 Å². The number of anilines is 1. The number of hydrogen-bond donors (Lipinski definition) is 1. The first-order valence-electron chi connectivity index (χ1n) is 15.1. The number of rotatable bonds is 15. The van der Waals surface area contributed by atoms with Crippen LogP contribution in [0, 0.1) is 6.92 Å². The summed E-state index contributed by atoms with van der Waals surface area (Å²) in [5, 5.41) is 3.01. The molecule has 9 heteroatoms. The lowest BCUT2D eigenvalue weighted by atomic mass is 10.0. The average Bonchev–Trinajstić information content (AvgIpc) is 3.06. The van der Waals surface area contributed by atoms with Gasteiger partial charge in [-0.25, -0.2) is 8.42 Å². The van der Waals surface area contributed by atoms with Crippen molar-refractivity contribution in [1.29, 1.82) is 0 Å². The summed E-state index contributed by atoms with van der Waals surface area (Å²) in [7, 11) is -2.57. The Morgan fingerprint density at radius 1 is 0.844 bits per heavy atom. The van der Waals surface area contributed by atoms with Crippen LogP contribution in [0.25, 0.3) is 0 Å². The van der Waals surface area contributed by atoms with Gasteiger partial charge in [0.2, 0.25) is 11.8 Å². The minimum Gasteiger partial charge on any atom is -0.497 e. The quantitative estimate of drug-likeness (QED) is 0.169. The van der Waals surface area contributed by atoms with Crippen LogP contribution in [-0.2, 0) is 32.6 Å². The summed E-state index contributed by atoms with van der Waals surface area (Å²) in [5.74, 6) is -0.194. The Morgan fingerprint density at radius 2 is 1.49 bits per heavy atom. The maximum atomic E-state index is 14.5. The number of methoxy groups -OCH3 is 1. The third kappa shape index (κ3) is 8.95. The van der Waals surface area contributed by atoms with Crippen molar-refractivity contribution in [2.75, 3.05) is 24.5 Å². The summed E-state index contributed by atoms with van der Waals surface area (Å²) in [6, 6.07) is 30.9. The first-order chi connectivity index (χ1) is 21.7. The fraction of sp³-hybridized carbons (Fsp3) is 0.278. The summed E-state index contributed by atoms with van der Waals surface area (Å²) >= 11 is 0. The molecule has 0 bridgehead atoms. The first-order valence-corrected chi connectivity index (χ1v) is 16.6. The monoisotopic (exact) mass is 627 g/mol. The van der Waals surface area contributed by atoms with Gasteiger partial charge >= 0.3 is 0 Å². The summed E-state index contributed by atoms with van der Waals surface area (Å²) in [6.07, 6.45) is 1.95. The molecule has 0 heterocycles. The van der Waals surface area contributed by atoms with Gasteiger partial charge in [-0.2, -0.15) is 0 Å². The van der Waals surface area contributed by atoms with Crippen molar-refractivity contribution in [2.45, 2.75) is 50.6 Å². The first kappa shape index (κ1) is 33.3. The molecule has 4 rings (SSSR count). The molecule has 0 aliphatic carbocycles. The van der Waals surface area contributed by atoms with Crippen LogP contribution < -0.4 is 14.4 Å². The van der Waals surface area contributed by atoms with Gasteiger partial charge in [-0.05, 0) is 60.9 Å². The van der Waals surface area contributed by atoms with Crippen molar-refractivity contribution >= 4 is 27.5 Å². The topological polar surface area (TPSA) is 96.0 Å². The lowest BCUT2D eigenvalue weighted by molar-refractivity contribution is -0.140. The molecule has 8 nitrogen and oxygen atoms in total. The van der Waals surface area contributed by atoms with Gasteiger partial charge in [0.25, 0.3) is 10.0 Å². The second-order valence-corrected chi connectivity index (χ2v) is 12.7. The SMILES string of the molecule is CCCCNC(=O)[C@@H](Cc1ccccc1)N(Cc1cccc(OC)c1)C(=O)CN(c1ccc(C)cc1)S(=O)(=O)c1ccccc1. The Morgan fingerprint density at radius 3 is 2.13 bits per heavy atom. The van der Waals surface area contributed by atoms with Gasteiger partial charge in [-0.3, -0.25) is 13.9 Å². The number of sulfonamides is 1. The van der Waals surface area contributed by atoms with Crippen LogP contribution in [0.2, 0.25) is 0 Å². The molecule has 0 fully saturated rings. The number of carbonyl (C=O) groups is 2. The highest BCUT2D eigenvalue weighted by molar-refractivity contribution is 7.92. The molecule has 1 N–H and O–H groups in total. The van der Waals surface area contributed by atoms with Crippen LogP contribution in [0.15, 0.2) is 114 Å². The van der Waals surface area contributed by atoms with E-state index in [2.05, 4.69) is 5.32 Å². The Balaban J connectivity index is 1.79. The smallest absolute Gasteiger partial charge is 0.264 e. The molecule has 1 atom stereocenters. The zero-order chi connectivity index (χ0) is 32.2. The molecule has 4 aromatic carbocycles. The maximum Gasteiger partial charge on any atom is 0.264 e. The van der Waals surface area contributed by atoms with Gasteiger partial charge in [0.15, 0.2) is 0 Å². The van der Waals surface area contributed by atoms with Crippen molar-refractivity contribution in [3.8, 4) is 5.75 Å². The molecule has 0 saturated carbocycles. The van der Waals surface area contributed by atoms with Crippen molar-refractivity contribution < 1.29 is 22.7 Å². The predicted molar refractivity (Wildman–Crippen MR) is 178 cm³/mol. The zero-order valence-corrected chi connectivity index (χ0v) is 26.9. The van der Waals surface area contributed by atoms with E-state index in [1.54, 1.807) is 55.6 Å². The molecule has 0 radical (unpaired) electrons. The van der Waals surface area contributed by atoms with Gasteiger partial charge in [-0.15, -0.1) is 0 Å². The molecule has 0 aliphatic rings. The van der Waals surface area contributed by atoms with E-state index in [-0.39, 0.29) is 23.8 Å². The van der Waals surface area contributed by atoms with Gasteiger partial charge in [0.05, 0.1) is 17.7 Å². The fourth-order valence-electron chi connectivity index (χ4n) is 4.99. The second-order valence-electron chi connectivity index (χ2n) is 10.9. The zero-order valence-electron chi connectivity index (χ0n) is 26.1. The summed E-state index contributed by atoms with van der Waals surface area (Å²) < 4.78 is 34.6. The molecule has 2 amide bonds. The number of hydrogen-bond acceptors (Lipinski definition) is 5. The van der Waals surface area contributed by atoms with E-state index in [9.17, 15) is 18.0 Å². The van der Waals surface area contributed by atoms with Gasteiger partial charge in [0.1, 0.15) is 18.3 Å². The molecule has 0 spiro atoms. The van der Waals surface area contributed by atoms with Crippen molar-refractivity contribution in [1.82, 2.24) is 10.2 Å². The van der Waals surface area contributed by atoms with Crippen LogP contribution in [-0.4, -0.2) is 51.4 Å². The van der Waals surface area contributed by atoms with E-state index in [0.29, 0.717) is 18.0 Å². The highest BCUT2D eigenvalue weighted by Gasteiger charge is 2.34. The molecule has 4 aromatic rings. The Bertz CT molecular complexity index is 1650. The number of benzene rings is 4. The van der Waals surface area contributed by atoms with Crippen molar-refractivity contribution in [3.63, 3.8) is 0 Å². The van der Waals surface area contributed by atoms with Crippen LogP contribution in [0.4, 0.5) is 5.69 Å². The minimum atomic E-state index is -4.14. The normalized spacial score (nSPS) is 11.8. The molecule has 0 aliphatic heterocycles. The third-order valence-corrected chi connectivity index (χ3v) is 9.31. The van der Waals surface area contributed by atoms with Gasteiger partial charge < -0.3 is 15.0 Å². The Kier molecular flexibility index (Phi) is 11.8. The lowest BCUT2D eigenvalue weighted by Gasteiger charge is -2.34. The minimum absolute atomic E-state index is 0.0656. The fourth-order valence-corrected chi connectivity index (χ4v) is 6.42. The summed E-state index contributed by atoms with van der Waals surface area (Å²) in [6.45, 7) is 3.99. The summed E-state index contributed by atoms with van der Waals surface area (Å²) in [4.78, 5) is 29.9. The van der Waals surface area contributed by atoms with Gasteiger partial charge in [0, 0.05) is 19.5 Å². The number of nitrogens with zero attached hydrogens (tertiary/aromatic N) is 2. The molecule has 45 heavy (non-hydrogen) atoms. The molecular weight excluding hydrogens is 586 g/mol. The third-order valence-electron chi connectivity index (χ3n) is 7.52. The van der Waals surface area contributed by atoms with Crippen LogP contribution >= 0.6 is 0 Å². The number of unbranched alkanes of at least 4 members (excludes halogenated alkanes) is 1. The van der Waals surface area contributed by atoms with Gasteiger partial charge in [-0.1, -0.05) is 91.7 Å². The number of amides is 2. The molecule has 0 saturated heterocycles. The largest absolute Gasteiger partial charge is 0.497 e. The van der Waals surface area contributed by atoms with Crippen LogP contribution in [0.1, 0.15) is 36.5 Å². The average molecular weight is 628 g/mol. The van der Waals surface area contributed by atoms with E-state index >= 15 is 0 Å². The number of nitrogens with one attached hydrogen (secondary N) is 1. The van der Waals surface area contributed by atoms with Crippen molar-refractivity contribution in [2.24, 2.45) is 0 Å². The van der Waals surface area contributed by atoms with E-state index < -0.39 is 28.5 Å². The van der Waals surface area contributed by atoms with Crippen LogP contribution in [0.5, 0.6) is 5.75 Å². The van der Waals surface area contributed by atoms with E-state index in [1.165, 1.54) is 17.0 Å². The number of aryl methyl sites for hydroxylation is 1. The molecule has 0 aromatic heterocycles. The van der Waals surface area contributed by atoms with E-state index in [0.717, 1.165) is 33.8 Å². The predicted octanol–water partition coefficient (Wildman–Crippen LogP) is 5.76. The number of carbonyl (C=O) groups excluding carboxylic acids is 2. The molecule has 0 unspecified atom stereocenters. The molecule has 236 valence electrons. The van der Waals surface area contributed by atoms with E-state index in [4.69, 9.17) is 4.74 Å². The standard InChI is InChI=1S/C36H41N3O5S/c1-4-5-23-37-36(41)34(25-29-13-8-6-9-14-29)38(26-30-15-12-16-32(24-30)44-3)35(40)27-39(31-21-19-28(2)20-22-31)45(42,43)33-17-10-7-11-18-33/h6-22,24,34H,4-5,23,25-27H2,1-3H3,(H,37,41)/t34-/m1/s1. The lowest BCUT2D eigenvalue weighted by Crippen LogP contribution is -2.53. The van der Waals surface area contributed by atoms with E-state index in [1.807, 2.05) is 62.4 Å². The maximum absolute atomic E-state index is 14.5. The summed E-state index contributed by atoms with van der Waals surface area (Å²) in [5.41, 5.74) is 2.93.